The molecule has 0 bridgehead atoms. The number of anilines is 3. The summed E-state index contributed by atoms with van der Waals surface area (Å²) in [6.45, 7) is 0. The predicted octanol–water partition coefficient (Wildman–Crippen LogP) is 16.5. The van der Waals surface area contributed by atoms with Gasteiger partial charge in [0.15, 0.2) is 0 Å². The van der Waals surface area contributed by atoms with Crippen molar-refractivity contribution >= 4 is 49.8 Å². The minimum absolute atomic E-state index is 0.867. The van der Waals surface area contributed by atoms with Crippen LogP contribution in [0.4, 0.5) is 17.1 Å². The van der Waals surface area contributed by atoms with Crippen molar-refractivity contribution in [2.75, 3.05) is 4.90 Å². The molecule has 1 aromatic heterocycles. The Morgan fingerprint density at radius 2 is 0.717 bits per heavy atom. The SMILES string of the molecule is c1ccc(-c2ccccc2-c2ccc(N(c3ccc(-c4ccc(-c5cccc(-c6ccc7ccccc7c6)c5)cc4)cc3)c3ccc4c(c3)oc3ccccc34)cc2)cc1. The van der Waals surface area contributed by atoms with Crippen LogP contribution in [-0.2, 0) is 0 Å². The van der Waals surface area contributed by atoms with Crippen LogP contribution >= 0.6 is 0 Å². The summed E-state index contributed by atoms with van der Waals surface area (Å²) >= 11 is 0. The number of nitrogens with zero attached hydrogens (tertiary/aromatic N) is 1. The number of benzene rings is 10. The fraction of sp³-hybridized carbons (Fsp3) is 0. The number of hydrogen-bond donors (Lipinski definition) is 0. The Hall–Kier alpha value is -7.94. The molecule has 10 aromatic carbocycles. The molecule has 0 radical (unpaired) electrons. The predicted molar refractivity (Wildman–Crippen MR) is 253 cm³/mol. The lowest BCUT2D eigenvalue weighted by molar-refractivity contribution is 0.669. The lowest BCUT2D eigenvalue weighted by Gasteiger charge is -2.26. The van der Waals surface area contributed by atoms with Crippen molar-refractivity contribution in [3.63, 3.8) is 0 Å². The van der Waals surface area contributed by atoms with Crippen LogP contribution in [0.3, 0.4) is 0 Å². The lowest BCUT2D eigenvalue weighted by atomic mass is 9.94. The summed E-state index contributed by atoms with van der Waals surface area (Å²) in [7, 11) is 0. The molecule has 282 valence electrons. The molecule has 0 fully saturated rings. The van der Waals surface area contributed by atoms with Gasteiger partial charge in [0.05, 0.1) is 0 Å². The van der Waals surface area contributed by atoms with Gasteiger partial charge in [-0.15, -0.1) is 0 Å². The van der Waals surface area contributed by atoms with E-state index in [1.165, 1.54) is 60.8 Å². The van der Waals surface area contributed by atoms with Gasteiger partial charge in [0.2, 0.25) is 0 Å². The van der Waals surface area contributed by atoms with E-state index in [1.807, 2.05) is 12.1 Å². The third-order valence-corrected chi connectivity index (χ3v) is 11.7. The Kier molecular flexibility index (Phi) is 8.87. The molecular formula is C58H39NO. The van der Waals surface area contributed by atoms with Gasteiger partial charge >= 0.3 is 0 Å². The van der Waals surface area contributed by atoms with Gasteiger partial charge in [0.1, 0.15) is 11.2 Å². The minimum atomic E-state index is 0.867. The Balaban J connectivity index is 0.918. The van der Waals surface area contributed by atoms with Gasteiger partial charge in [0, 0.05) is 33.9 Å². The van der Waals surface area contributed by atoms with Crippen molar-refractivity contribution in [2.24, 2.45) is 0 Å². The molecule has 0 N–H and O–H groups in total. The topological polar surface area (TPSA) is 16.4 Å². The number of furan rings is 1. The maximum Gasteiger partial charge on any atom is 0.137 e. The highest BCUT2D eigenvalue weighted by Crippen LogP contribution is 2.41. The molecule has 1 heterocycles. The Labute approximate surface area is 349 Å². The molecule has 11 aromatic rings. The molecular weight excluding hydrogens is 727 g/mol. The van der Waals surface area contributed by atoms with Crippen LogP contribution in [0.1, 0.15) is 0 Å². The zero-order chi connectivity index (χ0) is 39.8. The summed E-state index contributed by atoms with van der Waals surface area (Å²) in [4.78, 5) is 2.31. The van der Waals surface area contributed by atoms with E-state index in [1.54, 1.807) is 0 Å². The smallest absolute Gasteiger partial charge is 0.137 e. The third kappa shape index (κ3) is 6.61. The summed E-state index contributed by atoms with van der Waals surface area (Å²) in [6, 6.07) is 84.8. The molecule has 0 saturated carbocycles. The molecule has 0 spiro atoms. The molecule has 11 rings (SSSR count). The second-order valence-electron chi connectivity index (χ2n) is 15.3. The fourth-order valence-corrected chi connectivity index (χ4v) is 8.60. The van der Waals surface area contributed by atoms with E-state index in [4.69, 9.17) is 4.42 Å². The van der Waals surface area contributed by atoms with Crippen molar-refractivity contribution in [2.45, 2.75) is 0 Å². The van der Waals surface area contributed by atoms with Gasteiger partial charge in [-0.3, -0.25) is 0 Å². The van der Waals surface area contributed by atoms with Crippen molar-refractivity contribution < 1.29 is 4.42 Å². The first kappa shape index (κ1) is 35.2. The monoisotopic (exact) mass is 765 g/mol. The quantitative estimate of drug-likeness (QED) is 0.153. The van der Waals surface area contributed by atoms with Crippen molar-refractivity contribution in [1.29, 1.82) is 0 Å². The van der Waals surface area contributed by atoms with Crippen LogP contribution in [0, 0.1) is 0 Å². The summed E-state index contributed by atoms with van der Waals surface area (Å²) in [6.07, 6.45) is 0. The first-order valence-corrected chi connectivity index (χ1v) is 20.5. The molecule has 0 aliphatic heterocycles. The van der Waals surface area contributed by atoms with Crippen molar-refractivity contribution in [1.82, 2.24) is 0 Å². The van der Waals surface area contributed by atoms with Crippen LogP contribution < -0.4 is 4.90 Å². The van der Waals surface area contributed by atoms with Crippen molar-refractivity contribution in [3.8, 4) is 55.6 Å². The van der Waals surface area contributed by atoms with Crippen LogP contribution in [-0.4, -0.2) is 0 Å². The first-order valence-electron chi connectivity index (χ1n) is 20.5. The van der Waals surface area contributed by atoms with Gasteiger partial charge < -0.3 is 9.32 Å². The summed E-state index contributed by atoms with van der Waals surface area (Å²) in [5, 5.41) is 4.75. The standard InChI is InChI=1S/C58H39NO/c1-2-12-44(13-3-1)53-17-6-7-18-54(53)45-29-33-51(34-30-45)59(52-35-36-56-55-19-8-9-20-57(55)60-58(56)39-52)50-31-27-42(28-32-50)41-21-23-43(24-22-41)47-15-10-16-48(37-47)49-26-25-40-11-4-5-14-46(40)38-49/h1-39H. The van der Waals surface area contributed by atoms with E-state index in [0.29, 0.717) is 0 Å². The van der Waals surface area contributed by atoms with Crippen LogP contribution in [0.25, 0.3) is 88.3 Å². The molecule has 0 unspecified atom stereocenters. The highest BCUT2D eigenvalue weighted by molar-refractivity contribution is 6.06. The van der Waals surface area contributed by atoms with Gasteiger partial charge in [-0.25, -0.2) is 0 Å². The van der Waals surface area contributed by atoms with E-state index in [-0.39, 0.29) is 0 Å². The maximum absolute atomic E-state index is 6.38. The van der Waals surface area contributed by atoms with Gasteiger partial charge in [0.25, 0.3) is 0 Å². The summed E-state index contributed by atoms with van der Waals surface area (Å²) < 4.78 is 6.38. The molecule has 0 atom stereocenters. The van der Waals surface area contributed by atoms with E-state index in [0.717, 1.165) is 44.6 Å². The fourth-order valence-electron chi connectivity index (χ4n) is 8.60. The molecule has 60 heavy (non-hydrogen) atoms. The molecule has 0 saturated heterocycles. The maximum atomic E-state index is 6.38. The number of hydrogen-bond acceptors (Lipinski definition) is 2. The van der Waals surface area contributed by atoms with Gasteiger partial charge in [-0.05, 0) is 121 Å². The third-order valence-electron chi connectivity index (χ3n) is 11.7. The Morgan fingerprint density at radius 1 is 0.250 bits per heavy atom. The second-order valence-corrected chi connectivity index (χ2v) is 15.3. The Bertz CT molecular complexity index is 3290. The highest BCUT2D eigenvalue weighted by atomic mass is 16.3. The number of fused-ring (bicyclic) bond motifs is 4. The first-order chi connectivity index (χ1) is 29.7. The van der Waals surface area contributed by atoms with Crippen LogP contribution in [0.5, 0.6) is 0 Å². The summed E-state index contributed by atoms with van der Waals surface area (Å²) in [5.41, 5.74) is 16.9. The molecule has 0 amide bonds. The van der Waals surface area contributed by atoms with Gasteiger partial charge in [-0.1, -0.05) is 176 Å². The van der Waals surface area contributed by atoms with Crippen LogP contribution in [0.2, 0.25) is 0 Å². The summed E-state index contributed by atoms with van der Waals surface area (Å²) in [5.74, 6) is 0. The molecule has 2 heteroatoms. The minimum Gasteiger partial charge on any atom is -0.456 e. The van der Waals surface area contributed by atoms with E-state index in [9.17, 15) is 0 Å². The molecule has 2 nitrogen and oxygen atoms in total. The number of para-hydroxylation sites is 1. The van der Waals surface area contributed by atoms with E-state index < -0.39 is 0 Å². The van der Waals surface area contributed by atoms with E-state index in [2.05, 4.69) is 229 Å². The number of rotatable bonds is 8. The molecule has 0 aliphatic carbocycles. The zero-order valence-electron chi connectivity index (χ0n) is 32.9. The average Bonchev–Trinajstić information content (AvgIpc) is 3.70. The van der Waals surface area contributed by atoms with Crippen LogP contribution in [0.15, 0.2) is 241 Å². The Morgan fingerprint density at radius 3 is 1.43 bits per heavy atom. The second kappa shape index (κ2) is 15.1. The highest BCUT2D eigenvalue weighted by Gasteiger charge is 2.17. The lowest BCUT2D eigenvalue weighted by Crippen LogP contribution is -2.09. The molecule has 0 aliphatic rings. The van der Waals surface area contributed by atoms with E-state index >= 15 is 0 Å². The average molecular weight is 766 g/mol. The normalized spacial score (nSPS) is 11.3. The van der Waals surface area contributed by atoms with Crippen molar-refractivity contribution in [3.05, 3.63) is 237 Å². The largest absolute Gasteiger partial charge is 0.456 e. The zero-order valence-corrected chi connectivity index (χ0v) is 32.9. The van der Waals surface area contributed by atoms with Gasteiger partial charge in [-0.2, -0.15) is 0 Å².